The highest BCUT2D eigenvalue weighted by Gasteiger charge is 2.21. The van der Waals surface area contributed by atoms with E-state index in [0.717, 1.165) is 27.4 Å². The summed E-state index contributed by atoms with van der Waals surface area (Å²) >= 11 is 1.53. The Morgan fingerprint density at radius 2 is 1.96 bits per heavy atom. The molecule has 0 amide bonds. The molecule has 25 heavy (non-hydrogen) atoms. The summed E-state index contributed by atoms with van der Waals surface area (Å²) in [5, 5.41) is 3.76. The lowest BCUT2D eigenvalue weighted by Crippen LogP contribution is -2.36. The predicted molar refractivity (Wildman–Crippen MR) is 107 cm³/mol. The number of fused-ring (bicyclic) bond motifs is 1. The van der Waals surface area contributed by atoms with E-state index in [1.165, 1.54) is 16.9 Å². The number of hydrogen-bond donors (Lipinski definition) is 1. The Morgan fingerprint density at radius 3 is 2.60 bits per heavy atom. The van der Waals surface area contributed by atoms with Crippen molar-refractivity contribution in [3.05, 3.63) is 47.1 Å². The summed E-state index contributed by atoms with van der Waals surface area (Å²) in [4.78, 5) is 15.7. The number of thiazole rings is 1. The first-order valence-corrected chi connectivity index (χ1v) is 9.05. The van der Waals surface area contributed by atoms with Gasteiger partial charge in [-0.2, -0.15) is 0 Å². The van der Waals surface area contributed by atoms with Crippen molar-refractivity contribution < 1.29 is 0 Å². The van der Waals surface area contributed by atoms with Crippen LogP contribution >= 0.6 is 11.3 Å². The number of pyridine rings is 1. The van der Waals surface area contributed by atoms with Crippen LogP contribution in [0, 0.1) is 13.8 Å². The highest BCUT2D eigenvalue weighted by Crippen LogP contribution is 2.34. The second-order valence-corrected chi connectivity index (χ2v) is 7.97. The molecule has 0 fully saturated rings. The van der Waals surface area contributed by atoms with Gasteiger partial charge in [0.15, 0.2) is 5.13 Å². The zero-order valence-corrected chi connectivity index (χ0v) is 16.1. The van der Waals surface area contributed by atoms with E-state index in [2.05, 4.69) is 34.0 Å². The van der Waals surface area contributed by atoms with E-state index in [1.54, 1.807) is 6.20 Å². The fraction of sp³-hybridized carbons (Fsp3) is 0.316. The van der Waals surface area contributed by atoms with Crippen molar-refractivity contribution in [3.8, 4) is 0 Å². The molecule has 0 aliphatic heterocycles. The molecule has 0 saturated heterocycles. The lowest BCUT2D eigenvalue weighted by atomic mass is 10.1. The SMILES string of the molecule is Cc1ccc2nc(C)cc(N(C(N)=NC(C)(C)C)c3nccs3)c2c1. The number of guanidine groups is 1. The molecule has 2 heterocycles. The Labute approximate surface area is 152 Å². The number of aryl methyl sites for hydroxylation is 2. The molecule has 0 bridgehead atoms. The Bertz CT molecular complexity index is 923. The summed E-state index contributed by atoms with van der Waals surface area (Å²) in [6.45, 7) is 10.1. The largest absolute Gasteiger partial charge is 0.369 e. The molecular formula is C19H23N5S. The van der Waals surface area contributed by atoms with Gasteiger partial charge in [-0.05, 0) is 52.8 Å². The van der Waals surface area contributed by atoms with Crippen LogP contribution in [-0.2, 0) is 0 Å². The normalized spacial score (nSPS) is 12.6. The fourth-order valence-electron chi connectivity index (χ4n) is 2.68. The van der Waals surface area contributed by atoms with Gasteiger partial charge in [-0.1, -0.05) is 11.6 Å². The second kappa shape index (κ2) is 6.44. The van der Waals surface area contributed by atoms with Crippen molar-refractivity contribution in [2.75, 3.05) is 4.90 Å². The molecule has 6 heteroatoms. The summed E-state index contributed by atoms with van der Waals surface area (Å²) in [5.74, 6) is 0.427. The molecule has 0 aliphatic rings. The van der Waals surface area contributed by atoms with Gasteiger partial charge in [0, 0.05) is 22.7 Å². The molecule has 0 atom stereocenters. The van der Waals surface area contributed by atoms with Gasteiger partial charge in [0.25, 0.3) is 0 Å². The number of aromatic nitrogens is 2. The van der Waals surface area contributed by atoms with Crippen LogP contribution in [0.1, 0.15) is 32.0 Å². The van der Waals surface area contributed by atoms with E-state index in [-0.39, 0.29) is 5.54 Å². The minimum atomic E-state index is -0.284. The van der Waals surface area contributed by atoms with Gasteiger partial charge in [0.2, 0.25) is 5.96 Å². The van der Waals surface area contributed by atoms with Crippen molar-refractivity contribution in [2.24, 2.45) is 10.7 Å². The third kappa shape index (κ3) is 3.79. The van der Waals surface area contributed by atoms with E-state index < -0.39 is 0 Å². The number of nitrogens with zero attached hydrogens (tertiary/aromatic N) is 4. The van der Waals surface area contributed by atoms with Gasteiger partial charge in [0.1, 0.15) is 0 Å². The number of benzene rings is 1. The number of hydrogen-bond acceptors (Lipinski definition) is 4. The maximum atomic E-state index is 6.43. The van der Waals surface area contributed by atoms with Gasteiger partial charge in [0.05, 0.1) is 16.7 Å². The second-order valence-electron chi connectivity index (χ2n) is 7.09. The predicted octanol–water partition coefficient (Wildman–Crippen LogP) is 4.56. The Hall–Kier alpha value is -2.47. The fourth-order valence-corrected chi connectivity index (χ4v) is 3.34. The van der Waals surface area contributed by atoms with E-state index in [4.69, 9.17) is 5.73 Å². The summed E-state index contributed by atoms with van der Waals surface area (Å²) < 4.78 is 0. The summed E-state index contributed by atoms with van der Waals surface area (Å²) in [6.07, 6.45) is 1.78. The van der Waals surface area contributed by atoms with Crippen LogP contribution in [0.2, 0.25) is 0 Å². The molecule has 3 rings (SSSR count). The van der Waals surface area contributed by atoms with Crippen molar-refractivity contribution in [3.63, 3.8) is 0 Å². The van der Waals surface area contributed by atoms with Crippen molar-refractivity contribution in [1.82, 2.24) is 9.97 Å². The van der Waals surface area contributed by atoms with Crippen LogP contribution in [-0.4, -0.2) is 21.5 Å². The highest BCUT2D eigenvalue weighted by molar-refractivity contribution is 7.13. The first kappa shape index (κ1) is 17.4. The molecule has 0 saturated carbocycles. The van der Waals surface area contributed by atoms with Crippen LogP contribution in [0.15, 0.2) is 40.8 Å². The number of aliphatic imine (C=N–C) groups is 1. The van der Waals surface area contributed by atoms with Gasteiger partial charge >= 0.3 is 0 Å². The van der Waals surface area contributed by atoms with Crippen LogP contribution in [0.5, 0.6) is 0 Å². The number of nitrogens with two attached hydrogens (primary N) is 1. The van der Waals surface area contributed by atoms with E-state index in [9.17, 15) is 0 Å². The topological polar surface area (TPSA) is 67.4 Å². The first-order chi connectivity index (χ1) is 11.7. The summed E-state index contributed by atoms with van der Waals surface area (Å²) in [6, 6.07) is 8.27. The molecule has 0 radical (unpaired) electrons. The maximum absolute atomic E-state index is 6.43. The molecule has 2 aromatic heterocycles. The van der Waals surface area contributed by atoms with Gasteiger partial charge < -0.3 is 5.73 Å². The Kier molecular flexibility index (Phi) is 4.47. The quantitative estimate of drug-likeness (QED) is 0.542. The third-order valence-electron chi connectivity index (χ3n) is 3.60. The maximum Gasteiger partial charge on any atom is 0.202 e. The van der Waals surface area contributed by atoms with Crippen LogP contribution in [0.3, 0.4) is 0 Å². The minimum Gasteiger partial charge on any atom is -0.369 e. The van der Waals surface area contributed by atoms with Crippen LogP contribution < -0.4 is 10.6 Å². The summed E-state index contributed by atoms with van der Waals surface area (Å²) in [7, 11) is 0. The van der Waals surface area contributed by atoms with E-state index >= 15 is 0 Å². The average Bonchev–Trinajstić information content (AvgIpc) is 3.00. The Balaban J connectivity index is 2.29. The zero-order valence-electron chi connectivity index (χ0n) is 15.2. The lowest BCUT2D eigenvalue weighted by molar-refractivity contribution is 0.582. The van der Waals surface area contributed by atoms with Crippen LogP contribution in [0.4, 0.5) is 10.8 Å². The van der Waals surface area contributed by atoms with Crippen molar-refractivity contribution >= 4 is 39.0 Å². The lowest BCUT2D eigenvalue weighted by Gasteiger charge is -2.25. The average molecular weight is 353 g/mol. The highest BCUT2D eigenvalue weighted by atomic mass is 32.1. The molecule has 0 unspecified atom stereocenters. The Morgan fingerprint density at radius 1 is 1.20 bits per heavy atom. The monoisotopic (exact) mass is 353 g/mol. The van der Waals surface area contributed by atoms with Crippen molar-refractivity contribution in [1.29, 1.82) is 0 Å². The smallest absolute Gasteiger partial charge is 0.202 e. The molecule has 3 aromatic rings. The number of rotatable bonds is 2. The standard InChI is InChI=1S/C19H23N5S/c1-12-6-7-15-14(10-12)16(11-13(2)22-15)24(18-21-8-9-25-18)17(20)23-19(3,4)5/h6-11H,1-5H3,(H2,20,23). The molecular weight excluding hydrogens is 330 g/mol. The van der Waals surface area contributed by atoms with E-state index in [0.29, 0.717) is 5.96 Å². The summed E-state index contributed by atoms with van der Waals surface area (Å²) in [5.41, 5.74) is 10.1. The molecule has 130 valence electrons. The zero-order chi connectivity index (χ0) is 18.2. The van der Waals surface area contributed by atoms with Crippen LogP contribution in [0.25, 0.3) is 10.9 Å². The van der Waals surface area contributed by atoms with Gasteiger partial charge in [-0.25, -0.2) is 9.98 Å². The number of anilines is 2. The van der Waals surface area contributed by atoms with E-state index in [1.807, 2.05) is 50.1 Å². The molecule has 2 N–H and O–H groups in total. The third-order valence-corrected chi connectivity index (χ3v) is 4.36. The van der Waals surface area contributed by atoms with Crippen molar-refractivity contribution in [2.45, 2.75) is 40.2 Å². The molecule has 0 spiro atoms. The molecule has 5 nitrogen and oxygen atoms in total. The molecule has 1 aromatic carbocycles. The molecule has 0 aliphatic carbocycles. The van der Waals surface area contributed by atoms with Gasteiger partial charge in [-0.15, -0.1) is 11.3 Å². The first-order valence-electron chi connectivity index (χ1n) is 8.17. The van der Waals surface area contributed by atoms with Gasteiger partial charge in [-0.3, -0.25) is 9.88 Å². The minimum absolute atomic E-state index is 0.284.